The van der Waals surface area contributed by atoms with Crippen molar-refractivity contribution in [3.8, 4) is 0 Å². The Morgan fingerprint density at radius 2 is 2.00 bits per heavy atom. The Balaban J connectivity index is 1.93. The Morgan fingerprint density at radius 3 is 2.52 bits per heavy atom. The van der Waals surface area contributed by atoms with Gasteiger partial charge in [0.05, 0.1) is 16.4 Å². The first kappa shape index (κ1) is 19.2. The maximum atomic E-state index is 13.2. The summed E-state index contributed by atoms with van der Waals surface area (Å²) in [5.41, 5.74) is 4.08. The zero-order valence-electron chi connectivity index (χ0n) is 14.3. The minimum atomic E-state index is -4.73. The molecule has 0 saturated heterocycles. The first-order valence-electron chi connectivity index (χ1n) is 8.00. The number of anilines is 1. The smallest absolute Gasteiger partial charge is 0.364 e. The molecule has 8 nitrogen and oxygen atoms in total. The van der Waals surface area contributed by atoms with Crippen molar-refractivity contribution in [2.45, 2.75) is 37.9 Å². The molecule has 0 radical (unpaired) electrons. The molecule has 1 aliphatic carbocycles. The number of halogens is 4. The van der Waals surface area contributed by atoms with E-state index >= 15 is 0 Å². The van der Waals surface area contributed by atoms with Gasteiger partial charge in [-0.3, -0.25) is 19.0 Å². The highest BCUT2D eigenvalue weighted by molar-refractivity contribution is 6.32. The van der Waals surface area contributed by atoms with Crippen LogP contribution >= 0.6 is 11.6 Å². The molecule has 1 aliphatic rings. The fourth-order valence-electron chi connectivity index (χ4n) is 2.74. The van der Waals surface area contributed by atoms with Crippen molar-refractivity contribution >= 4 is 29.1 Å². The van der Waals surface area contributed by atoms with Gasteiger partial charge in [0.15, 0.2) is 11.4 Å². The summed E-state index contributed by atoms with van der Waals surface area (Å²) in [6.45, 7) is 1.39. The van der Waals surface area contributed by atoms with E-state index in [4.69, 9.17) is 17.3 Å². The average Bonchev–Trinajstić information content (AvgIpc) is 3.22. The van der Waals surface area contributed by atoms with Crippen molar-refractivity contribution in [3.63, 3.8) is 0 Å². The van der Waals surface area contributed by atoms with Crippen molar-refractivity contribution in [1.82, 2.24) is 19.6 Å². The highest BCUT2D eigenvalue weighted by Gasteiger charge is 2.43. The topological polar surface area (TPSA) is 108 Å². The molecule has 1 atom stereocenters. The Hall–Kier alpha value is -2.56. The zero-order valence-corrected chi connectivity index (χ0v) is 15.1. The van der Waals surface area contributed by atoms with Crippen LogP contribution in [0.15, 0.2) is 6.20 Å². The minimum absolute atomic E-state index is 0.0594. The van der Waals surface area contributed by atoms with Crippen LogP contribution in [0.2, 0.25) is 5.02 Å². The molecule has 0 spiro atoms. The van der Waals surface area contributed by atoms with Crippen LogP contribution < -0.4 is 11.1 Å². The van der Waals surface area contributed by atoms with Crippen LogP contribution in [0.25, 0.3) is 0 Å². The van der Waals surface area contributed by atoms with Crippen molar-refractivity contribution < 1.29 is 22.8 Å². The molecule has 0 bridgehead atoms. The molecule has 3 N–H and O–H groups in total. The minimum Gasteiger partial charge on any atom is -0.364 e. The number of alkyl halides is 3. The number of carbonyl (C=O) groups is 2. The Morgan fingerprint density at radius 1 is 1.37 bits per heavy atom. The van der Waals surface area contributed by atoms with E-state index in [2.05, 4.69) is 15.5 Å². The molecule has 146 valence electrons. The van der Waals surface area contributed by atoms with Gasteiger partial charge in [0.25, 0.3) is 5.91 Å². The Kier molecular flexibility index (Phi) is 4.66. The van der Waals surface area contributed by atoms with Gasteiger partial charge in [-0.05, 0) is 19.8 Å². The quantitative estimate of drug-likeness (QED) is 0.797. The summed E-state index contributed by atoms with van der Waals surface area (Å²) >= 11 is 5.92. The third kappa shape index (κ3) is 3.64. The third-order valence-corrected chi connectivity index (χ3v) is 4.56. The lowest BCUT2D eigenvalue weighted by atomic mass is 10.2. The van der Waals surface area contributed by atoms with E-state index in [1.807, 2.05) is 0 Å². The maximum Gasteiger partial charge on any atom is 0.436 e. The van der Waals surface area contributed by atoms with Crippen molar-refractivity contribution in [2.75, 3.05) is 5.32 Å². The predicted molar refractivity (Wildman–Crippen MR) is 89.3 cm³/mol. The average molecular weight is 405 g/mol. The largest absolute Gasteiger partial charge is 0.436 e. The number of hydrogen-bond donors (Lipinski definition) is 2. The SMILES string of the molecule is C[C@@H](C(=O)Nc1cn(C)nc1C(N)=O)n1nc(C(F)(F)F)c(Cl)c1C1CC1. The van der Waals surface area contributed by atoms with Crippen LogP contribution in [0.4, 0.5) is 18.9 Å². The van der Waals surface area contributed by atoms with Gasteiger partial charge >= 0.3 is 6.18 Å². The molecule has 2 aromatic heterocycles. The number of aromatic nitrogens is 4. The van der Waals surface area contributed by atoms with E-state index in [-0.39, 0.29) is 23.0 Å². The van der Waals surface area contributed by atoms with Crippen LogP contribution in [-0.2, 0) is 18.0 Å². The normalized spacial score (nSPS) is 15.6. The molecule has 1 saturated carbocycles. The van der Waals surface area contributed by atoms with Crippen LogP contribution in [0.3, 0.4) is 0 Å². The van der Waals surface area contributed by atoms with Crippen molar-refractivity contribution in [2.24, 2.45) is 12.8 Å². The molecule has 0 aromatic carbocycles. The van der Waals surface area contributed by atoms with E-state index in [9.17, 15) is 22.8 Å². The first-order chi connectivity index (χ1) is 12.5. The van der Waals surface area contributed by atoms with Gasteiger partial charge in [-0.15, -0.1) is 0 Å². The third-order valence-electron chi connectivity index (χ3n) is 4.19. The molecule has 0 unspecified atom stereocenters. The van der Waals surface area contributed by atoms with Crippen LogP contribution in [0.1, 0.15) is 53.6 Å². The predicted octanol–water partition coefficient (Wildman–Crippen LogP) is 2.46. The summed E-state index contributed by atoms with van der Waals surface area (Å²) in [6, 6.07) is -1.10. The molecule has 0 aliphatic heterocycles. The number of nitrogens with two attached hydrogens (primary N) is 1. The lowest BCUT2D eigenvalue weighted by molar-refractivity contribution is -0.141. The summed E-state index contributed by atoms with van der Waals surface area (Å²) in [7, 11) is 1.53. The first-order valence-corrected chi connectivity index (χ1v) is 8.38. The summed E-state index contributed by atoms with van der Waals surface area (Å²) in [5.74, 6) is -1.70. The fourth-order valence-corrected chi connectivity index (χ4v) is 3.12. The van der Waals surface area contributed by atoms with Gasteiger partial charge in [-0.2, -0.15) is 23.4 Å². The lowest BCUT2D eigenvalue weighted by Gasteiger charge is -2.15. The van der Waals surface area contributed by atoms with Gasteiger partial charge in [-0.25, -0.2) is 0 Å². The maximum absolute atomic E-state index is 13.2. The molecule has 2 aromatic rings. The molecule has 12 heteroatoms. The van der Waals surface area contributed by atoms with E-state index in [1.54, 1.807) is 0 Å². The molecule has 1 fully saturated rings. The number of carbonyl (C=O) groups excluding carboxylic acids is 2. The summed E-state index contributed by atoms with van der Waals surface area (Å²) in [5, 5.41) is 9.36. The van der Waals surface area contributed by atoms with Crippen LogP contribution in [0.5, 0.6) is 0 Å². The highest BCUT2D eigenvalue weighted by atomic mass is 35.5. The van der Waals surface area contributed by atoms with Gasteiger partial charge in [-0.1, -0.05) is 11.6 Å². The number of nitrogens with one attached hydrogen (secondary N) is 1. The van der Waals surface area contributed by atoms with Gasteiger partial charge in [0, 0.05) is 19.2 Å². The number of hydrogen-bond acceptors (Lipinski definition) is 4. The molecular weight excluding hydrogens is 389 g/mol. The van der Waals surface area contributed by atoms with E-state index in [0.29, 0.717) is 12.8 Å². The van der Waals surface area contributed by atoms with E-state index in [1.165, 1.54) is 24.9 Å². The number of aryl methyl sites for hydroxylation is 1. The van der Waals surface area contributed by atoms with E-state index < -0.39 is 34.7 Å². The number of primary amides is 1. The molecule has 27 heavy (non-hydrogen) atoms. The summed E-state index contributed by atoms with van der Waals surface area (Å²) in [4.78, 5) is 24.0. The van der Waals surface area contributed by atoms with Gasteiger partial charge in [0.2, 0.25) is 5.91 Å². The second kappa shape index (κ2) is 6.55. The Bertz CT molecular complexity index is 916. The monoisotopic (exact) mass is 404 g/mol. The number of nitrogens with zero attached hydrogens (tertiary/aromatic N) is 4. The highest BCUT2D eigenvalue weighted by Crippen LogP contribution is 2.47. The molecule has 2 heterocycles. The van der Waals surface area contributed by atoms with Crippen LogP contribution in [-0.4, -0.2) is 31.4 Å². The second-order valence-electron chi connectivity index (χ2n) is 6.36. The molecule has 2 amide bonds. The van der Waals surface area contributed by atoms with Crippen molar-refractivity contribution in [1.29, 1.82) is 0 Å². The molecular formula is C15H16ClF3N6O2. The summed E-state index contributed by atoms with van der Waals surface area (Å²) < 4.78 is 41.8. The number of rotatable bonds is 5. The fraction of sp³-hybridized carbons (Fsp3) is 0.467. The summed E-state index contributed by atoms with van der Waals surface area (Å²) in [6.07, 6.45) is -2.02. The van der Waals surface area contributed by atoms with Gasteiger partial charge < -0.3 is 11.1 Å². The Labute approximate surface area is 156 Å². The van der Waals surface area contributed by atoms with E-state index in [0.717, 1.165) is 4.68 Å². The molecule has 3 rings (SSSR count). The standard InChI is InChI=1S/C15H16ClF3N6O2/c1-6(14(27)21-8-5-24(2)22-10(8)13(20)26)25-11(7-3-4-7)9(16)12(23-25)15(17,18)19/h5-7H,3-4H2,1-2H3,(H2,20,26)(H,21,27)/t6-/m0/s1. The lowest BCUT2D eigenvalue weighted by Crippen LogP contribution is -2.27. The van der Waals surface area contributed by atoms with Crippen LogP contribution in [0, 0.1) is 0 Å². The second-order valence-corrected chi connectivity index (χ2v) is 6.74. The van der Waals surface area contributed by atoms with Crippen molar-refractivity contribution in [3.05, 3.63) is 28.3 Å². The number of amides is 2. The van der Waals surface area contributed by atoms with Gasteiger partial charge in [0.1, 0.15) is 6.04 Å². The zero-order chi connectivity index (χ0) is 20.1.